The van der Waals surface area contributed by atoms with Crippen LogP contribution in [0.3, 0.4) is 0 Å². The van der Waals surface area contributed by atoms with Crippen LogP contribution in [0.2, 0.25) is 0 Å². The maximum absolute atomic E-state index is 13.0. The summed E-state index contributed by atoms with van der Waals surface area (Å²) in [6, 6.07) is 7.10. The van der Waals surface area contributed by atoms with Gasteiger partial charge in [-0.15, -0.1) is 0 Å². The Labute approximate surface area is 159 Å². The molecule has 1 aromatic carbocycles. The van der Waals surface area contributed by atoms with Crippen LogP contribution in [0, 0.1) is 0 Å². The van der Waals surface area contributed by atoms with Gasteiger partial charge in [0.1, 0.15) is 11.6 Å². The molecule has 1 saturated heterocycles. The van der Waals surface area contributed by atoms with Crippen molar-refractivity contribution < 1.29 is 19.2 Å². The van der Waals surface area contributed by atoms with Gasteiger partial charge in [0.15, 0.2) is 0 Å². The first-order valence-electron chi connectivity index (χ1n) is 9.32. The zero-order chi connectivity index (χ0) is 19.4. The van der Waals surface area contributed by atoms with Crippen LogP contribution in [0.5, 0.6) is 0 Å². The van der Waals surface area contributed by atoms with Crippen LogP contribution in [0.15, 0.2) is 30.5 Å². The molecule has 2 amide bonds. The summed E-state index contributed by atoms with van der Waals surface area (Å²) in [4.78, 5) is 34.0. The molecule has 2 heterocycles. The molecule has 1 aliphatic rings. The van der Waals surface area contributed by atoms with Gasteiger partial charge < -0.3 is 15.0 Å². The number of fused-ring (bicyclic) bond motifs is 1. The van der Waals surface area contributed by atoms with Crippen molar-refractivity contribution in [3.63, 3.8) is 0 Å². The van der Waals surface area contributed by atoms with Crippen molar-refractivity contribution in [2.75, 3.05) is 13.2 Å². The molecule has 0 bridgehead atoms. The molecule has 1 aromatic heterocycles. The van der Waals surface area contributed by atoms with E-state index in [0.29, 0.717) is 19.6 Å². The number of carbonyl (C=O) groups is 2. The molecular weight excluding hydrogens is 346 g/mol. The number of ether oxygens (including phenoxy) is 1. The zero-order valence-electron chi connectivity index (χ0n) is 16.1. The van der Waals surface area contributed by atoms with Crippen LogP contribution in [0.25, 0.3) is 10.9 Å². The third kappa shape index (κ3) is 5.01. The third-order valence-corrected chi connectivity index (χ3v) is 4.34. The molecule has 27 heavy (non-hydrogen) atoms. The molecule has 0 aliphatic carbocycles. The second kappa shape index (κ2) is 8.00. The predicted octanol–water partition coefficient (Wildman–Crippen LogP) is 3.16. The van der Waals surface area contributed by atoms with E-state index in [1.54, 1.807) is 20.8 Å². The molecule has 1 aliphatic heterocycles. The highest BCUT2D eigenvalue weighted by molar-refractivity contribution is 5.88. The molecule has 1 atom stereocenters. The topological polar surface area (TPSA) is 83.7 Å². The fraction of sp³-hybridized carbons (Fsp3) is 0.500. The number of nitrogens with zero attached hydrogens (tertiary/aromatic N) is 1. The number of carbonyl (C=O) groups excluding carboxylic acids is 2. The fourth-order valence-corrected chi connectivity index (χ4v) is 3.11. The highest BCUT2D eigenvalue weighted by atomic mass is 16.7. The largest absolute Gasteiger partial charge is 0.444 e. The van der Waals surface area contributed by atoms with Crippen LogP contribution >= 0.6 is 0 Å². The smallest absolute Gasteiger partial charge is 0.408 e. The summed E-state index contributed by atoms with van der Waals surface area (Å²) in [7, 11) is 0. The predicted molar refractivity (Wildman–Crippen MR) is 102 cm³/mol. The molecule has 0 spiro atoms. The number of para-hydroxylation sites is 1. The molecule has 1 fully saturated rings. The minimum absolute atomic E-state index is 0.258. The van der Waals surface area contributed by atoms with E-state index in [1.165, 1.54) is 5.06 Å². The molecule has 146 valence electrons. The standard InChI is InChI=1S/C20H27N3O4/c1-20(2,3)27-19(25)22-17(18(24)23-10-6-7-11-26-23)12-14-13-21-16-9-5-4-8-15(14)16/h4-5,8-9,13,17,21H,6-7,10-12H2,1-3H3,(H,22,25)/t17-/m0/s1. The lowest BCUT2D eigenvalue weighted by Crippen LogP contribution is -2.51. The Bertz CT molecular complexity index is 803. The molecule has 0 unspecified atom stereocenters. The number of aromatic nitrogens is 1. The van der Waals surface area contributed by atoms with Gasteiger partial charge in [-0.1, -0.05) is 18.2 Å². The zero-order valence-corrected chi connectivity index (χ0v) is 16.1. The number of hydrogen-bond acceptors (Lipinski definition) is 4. The monoisotopic (exact) mass is 373 g/mol. The molecular formula is C20H27N3O4. The lowest BCUT2D eigenvalue weighted by Gasteiger charge is -2.30. The van der Waals surface area contributed by atoms with Crippen LogP contribution in [-0.4, -0.2) is 46.8 Å². The van der Waals surface area contributed by atoms with E-state index >= 15 is 0 Å². The molecule has 2 aromatic rings. The SMILES string of the molecule is CC(C)(C)OC(=O)N[C@@H](Cc1c[nH]c2ccccc12)C(=O)N1CCCCO1. The average Bonchev–Trinajstić information content (AvgIpc) is 3.03. The first kappa shape index (κ1) is 19.2. The van der Waals surface area contributed by atoms with Gasteiger partial charge in [0.25, 0.3) is 5.91 Å². The van der Waals surface area contributed by atoms with Crippen molar-refractivity contribution in [1.29, 1.82) is 0 Å². The minimum Gasteiger partial charge on any atom is -0.444 e. The molecule has 0 saturated carbocycles. The number of H-pyrrole nitrogens is 1. The summed E-state index contributed by atoms with van der Waals surface area (Å²) >= 11 is 0. The minimum atomic E-state index is -0.767. The first-order chi connectivity index (χ1) is 12.8. The van der Waals surface area contributed by atoms with Crippen molar-refractivity contribution in [3.05, 3.63) is 36.0 Å². The van der Waals surface area contributed by atoms with Gasteiger partial charge in [-0.2, -0.15) is 0 Å². The number of nitrogens with one attached hydrogen (secondary N) is 2. The lowest BCUT2D eigenvalue weighted by molar-refractivity contribution is -0.199. The Hall–Kier alpha value is -2.54. The summed E-state index contributed by atoms with van der Waals surface area (Å²) in [5, 5.41) is 5.12. The summed E-state index contributed by atoms with van der Waals surface area (Å²) in [6.45, 7) is 6.40. The number of hydroxylamine groups is 2. The molecule has 0 radical (unpaired) electrons. The number of alkyl carbamates (subject to hydrolysis) is 1. The van der Waals surface area contributed by atoms with Crippen molar-refractivity contribution in [3.8, 4) is 0 Å². The average molecular weight is 373 g/mol. The Morgan fingerprint density at radius 3 is 2.78 bits per heavy atom. The van der Waals surface area contributed by atoms with Gasteiger partial charge in [-0.25, -0.2) is 9.86 Å². The summed E-state index contributed by atoms with van der Waals surface area (Å²) in [6.07, 6.45) is 3.42. The van der Waals surface area contributed by atoms with Gasteiger partial charge in [0, 0.05) is 30.1 Å². The fourth-order valence-electron chi connectivity index (χ4n) is 3.11. The van der Waals surface area contributed by atoms with E-state index in [2.05, 4.69) is 10.3 Å². The quantitative estimate of drug-likeness (QED) is 0.862. The number of rotatable bonds is 4. The van der Waals surface area contributed by atoms with Crippen molar-refractivity contribution >= 4 is 22.9 Å². The summed E-state index contributed by atoms with van der Waals surface area (Å²) in [5.74, 6) is -0.258. The van der Waals surface area contributed by atoms with Crippen LogP contribution < -0.4 is 5.32 Å². The molecule has 2 N–H and O–H groups in total. The van der Waals surface area contributed by atoms with E-state index in [0.717, 1.165) is 29.3 Å². The van der Waals surface area contributed by atoms with Crippen molar-refractivity contribution in [2.24, 2.45) is 0 Å². The van der Waals surface area contributed by atoms with Gasteiger partial charge in [0.05, 0.1) is 6.61 Å². The van der Waals surface area contributed by atoms with Crippen molar-refractivity contribution in [2.45, 2.75) is 51.7 Å². The molecule has 3 rings (SSSR count). The van der Waals surface area contributed by atoms with Crippen LogP contribution in [-0.2, 0) is 20.8 Å². The van der Waals surface area contributed by atoms with E-state index in [4.69, 9.17) is 9.57 Å². The maximum Gasteiger partial charge on any atom is 0.408 e. The second-order valence-corrected chi connectivity index (χ2v) is 7.74. The Morgan fingerprint density at radius 2 is 2.07 bits per heavy atom. The van der Waals surface area contributed by atoms with Gasteiger partial charge in [-0.3, -0.25) is 9.63 Å². The van der Waals surface area contributed by atoms with Crippen molar-refractivity contribution in [1.82, 2.24) is 15.4 Å². The highest BCUT2D eigenvalue weighted by Crippen LogP contribution is 2.20. The number of benzene rings is 1. The number of aromatic amines is 1. The van der Waals surface area contributed by atoms with Gasteiger partial charge >= 0.3 is 6.09 Å². The Balaban J connectivity index is 1.80. The van der Waals surface area contributed by atoms with E-state index in [1.807, 2.05) is 30.5 Å². The normalized spacial score (nSPS) is 16.2. The Morgan fingerprint density at radius 1 is 1.30 bits per heavy atom. The molecule has 7 nitrogen and oxygen atoms in total. The maximum atomic E-state index is 13.0. The third-order valence-electron chi connectivity index (χ3n) is 4.34. The van der Waals surface area contributed by atoms with E-state index < -0.39 is 17.7 Å². The summed E-state index contributed by atoms with van der Waals surface area (Å²) in [5.41, 5.74) is 1.31. The van der Waals surface area contributed by atoms with E-state index in [9.17, 15) is 9.59 Å². The van der Waals surface area contributed by atoms with Crippen LogP contribution in [0.1, 0.15) is 39.2 Å². The van der Waals surface area contributed by atoms with Gasteiger partial charge in [-0.05, 0) is 45.2 Å². The number of amides is 2. The second-order valence-electron chi connectivity index (χ2n) is 7.74. The highest BCUT2D eigenvalue weighted by Gasteiger charge is 2.30. The van der Waals surface area contributed by atoms with E-state index in [-0.39, 0.29) is 5.91 Å². The van der Waals surface area contributed by atoms with Gasteiger partial charge in [0.2, 0.25) is 0 Å². The Kier molecular flexibility index (Phi) is 5.70. The summed E-state index contributed by atoms with van der Waals surface area (Å²) < 4.78 is 5.34. The first-order valence-corrected chi connectivity index (χ1v) is 9.32. The molecule has 7 heteroatoms. The van der Waals surface area contributed by atoms with Crippen LogP contribution in [0.4, 0.5) is 4.79 Å². The lowest BCUT2D eigenvalue weighted by atomic mass is 10.0. The number of hydrogen-bond donors (Lipinski definition) is 2.